The molecule has 2 N–H and O–H groups in total. The Labute approximate surface area is 120 Å². The lowest BCUT2D eigenvalue weighted by molar-refractivity contribution is 0.321. The Hall–Kier alpha value is -2.00. The van der Waals surface area contributed by atoms with Gasteiger partial charge in [-0.25, -0.2) is 0 Å². The van der Waals surface area contributed by atoms with Gasteiger partial charge in [0.1, 0.15) is 5.75 Å². The van der Waals surface area contributed by atoms with E-state index in [2.05, 4.69) is 0 Å². The number of hydrogen-bond donors (Lipinski definition) is 1. The summed E-state index contributed by atoms with van der Waals surface area (Å²) in [5, 5.41) is 0. The molecule has 0 saturated carbocycles. The minimum Gasteiger partial charge on any atom is -0.490 e. The van der Waals surface area contributed by atoms with Crippen molar-refractivity contribution in [1.82, 2.24) is 0 Å². The van der Waals surface area contributed by atoms with E-state index in [0.29, 0.717) is 6.61 Å². The van der Waals surface area contributed by atoms with E-state index >= 15 is 0 Å². The highest BCUT2D eigenvalue weighted by Gasteiger charge is 2.05. The monoisotopic (exact) mass is 271 g/mol. The number of para-hydroxylation sites is 2. The van der Waals surface area contributed by atoms with Crippen molar-refractivity contribution in [2.45, 2.75) is 26.3 Å². The number of hydrogen-bond acceptors (Lipinski definition) is 3. The number of rotatable bonds is 6. The molecule has 3 nitrogen and oxygen atoms in total. The van der Waals surface area contributed by atoms with Crippen molar-refractivity contribution >= 4 is 0 Å². The number of nitrogens with two attached hydrogens (primary N) is 1. The predicted octanol–water partition coefficient (Wildman–Crippen LogP) is 3.77. The fourth-order valence-electron chi connectivity index (χ4n) is 2.00. The second-order valence-corrected chi connectivity index (χ2v) is 4.81. The minimum atomic E-state index is 0.167. The summed E-state index contributed by atoms with van der Waals surface area (Å²) >= 11 is 0. The van der Waals surface area contributed by atoms with Crippen LogP contribution in [0.1, 0.15) is 19.4 Å². The number of ether oxygens (including phenoxy) is 2. The molecule has 2 rings (SSSR count). The quantitative estimate of drug-likeness (QED) is 0.869. The summed E-state index contributed by atoms with van der Waals surface area (Å²) in [4.78, 5) is 0. The molecule has 0 radical (unpaired) electrons. The highest BCUT2D eigenvalue weighted by molar-refractivity contribution is 5.43. The molecular formula is C17H21NO2. The van der Waals surface area contributed by atoms with Crippen LogP contribution in [0.2, 0.25) is 0 Å². The van der Waals surface area contributed by atoms with Crippen LogP contribution in [0.15, 0.2) is 48.5 Å². The zero-order valence-electron chi connectivity index (χ0n) is 12.0. The molecule has 106 valence electrons. The van der Waals surface area contributed by atoms with E-state index in [1.54, 1.807) is 0 Å². The van der Waals surface area contributed by atoms with Gasteiger partial charge in [0.2, 0.25) is 0 Å². The third-order valence-corrected chi connectivity index (χ3v) is 2.86. The maximum atomic E-state index is 5.87. The Morgan fingerprint density at radius 3 is 2.25 bits per heavy atom. The van der Waals surface area contributed by atoms with Crippen LogP contribution in [-0.4, -0.2) is 12.6 Å². The van der Waals surface area contributed by atoms with E-state index in [1.807, 2.05) is 62.4 Å². The molecule has 0 aliphatic rings. The van der Waals surface area contributed by atoms with Crippen LogP contribution in [0.5, 0.6) is 17.2 Å². The highest BCUT2D eigenvalue weighted by atomic mass is 16.5. The molecule has 1 atom stereocenters. The van der Waals surface area contributed by atoms with Crippen molar-refractivity contribution < 1.29 is 9.47 Å². The van der Waals surface area contributed by atoms with E-state index in [-0.39, 0.29) is 6.04 Å². The van der Waals surface area contributed by atoms with Gasteiger partial charge in [-0.3, -0.25) is 0 Å². The first-order chi connectivity index (χ1) is 9.69. The molecule has 0 aliphatic carbocycles. The topological polar surface area (TPSA) is 44.5 Å². The lowest BCUT2D eigenvalue weighted by Crippen LogP contribution is -2.17. The van der Waals surface area contributed by atoms with Crippen LogP contribution >= 0.6 is 0 Å². The third-order valence-electron chi connectivity index (χ3n) is 2.86. The first kappa shape index (κ1) is 14.4. The molecule has 0 amide bonds. The van der Waals surface area contributed by atoms with E-state index in [0.717, 1.165) is 23.7 Å². The van der Waals surface area contributed by atoms with Gasteiger partial charge in [-0.15, -0.1) is 0 Å². The average Bonchev–Trinajstić information content (AvgIpc) is 2.43. The standard InChI is InChI=1S/C17H21NO2/c1-3-19-16-6-4-5-7-17(16)20-15-10-8-14(9-11-15)12-13(2)18/h4-11,13H,3,12,18H2,1-2H3. The van der Waals surface area contributed by atoms with Crippen LogP contribution in [0, 0.1) is 0 Å². The van der Waals surface area contributed by atoms with Gasteiger partial charge in [0.25, 0.3) is 0 Å². The molecule has 0 fully saturated rings. The summed E-state index contributed by atoms with van der Waals surface area (Å²) in [6, 6.07) is 15.8. The van der Waals surface area contributed by atoms with Gasteiger partial charge in [0.05, 0.1) is 6.61 Å². The first-order valence-corrected chi connectivity index (χ1v) is 6.93. The van der Waals surface area contributed by atoms with Crippen LogP contribution in [0.3, 0.4) is 0 Å². The molecular weight excluding hydrogens is 250 g/mol. The summed E-state index contributed by atoms with van der Waals surface area (Å²) in [6.45, 7) is 4.58. The van der Waals surface area contributed by atoms with Crippen molar-refractivity contribution in [3.05, 3.63) is 54.1 Å². The van der Waals surface area contributed by atoms with Gasteiger partial charge in [-0.05, 0) is 50.1 Å². The van der Waals surface area contributed by atoms with Crippen LogP contribution in [0.4, 0.5) is 0 Å². The smallest absolute Gasteiger partial charge is 0.169 e. The lowest BCUT2D eigenvalue weighted by Gasteiger charge is -2.12. The summed E-state index contributed by atoms with van der Waals surface area (Å²) < 4.78 is 11.4. The summed E-state index contributed by atoms with van der Waals surface area (Å²) in [6.07, 6.45) is 0.871. The van der Waals surface area contributed by atoms with E-state index in [4.69, 9.17) is 15.2 Å². The molecule has 0 aromatic heterocycles. The summed E-state index contributed by atoms with van der Waals surface area (Å²) in [5.41, 5.74) is 7.00. The largest absolute Gasteiger partial charge is 0.490 e. The maximum Gasteiger partial charge on any atom is 0.169 e. The third kappa shape index (κ3) is 4.00. The number of benzene rings is 2. The second-order valence-electron chi connectivity index (χ2n) is 4.81. The Balaban J connectivity index is 2.10. The van der Waals surface area contributed by atoms with Crippen LogP contribution in [-0.2, 0) is 6.42 Å². The normalized spacial score (nSPS) is 11.9. The molecule has 0 aliphatic heterocycles. The minimum absolute atomic E-state index is 0.167. The molecule has 2 aromatic rings. The zero-order valence-corrected chi connectivity index (χ0v) is 12.0. The van der Waals surface area contributed by atoms with Gasteiger partial charge < -0.3 is 15.2 Å². The molecule has 2 aromatic carbocycles. The average molecular weight is 271 g/mol. The molecule has 0 saturated heterocycles. The van der Waals surface area contributed by atoms with Gasteiger partial charge in [0.15, 0.2) is 11.5 Å². The van der Waals surface area contributed by atoms with E-state index < -0.39 is 0 Å². The van der Waals surface area contributed by atoms with Crippen molar-refractivity contribution in [1.29, 1.82) is 0 Å². The van der Waals surface area contributed by atoms with Crippen molar-refractivity contribution in [2.24, 2.45) is 5.73 Å². The summed E-state index contributed by atoms with van der Waals surface area (Å²) in [5.74, 6) is 2.29. The van der Waals surface area contributed by atoms with Crippen molar-refractivity contribution in [2.75, 3.05) is 6.61 Å². The van der Waals surface area contributed by atoms with Crippen LogP contribution < -0.4 is 15.2 Å². The van der Waals surface area contributed by atoms with Gasteiger partial charge >= 0.3 is 0 Å². The lowest BCUT2D eigenvalue weighted by atomic mass is 10.1. The molecule has 0 heterocycles. The Morgan fingerprint density at radius 1 is 1.00 bits per heavy atom. The molecule has 0 bridgehead atoms. The molecule has 3 heteroatoms. The predicted molar refractivity (Wildman–Crippen MR) is 81.5 cm³/mol. The zero-order chi connectivity index (χ0) is 14.4. The fraction of sp³-hybridized carbons (Fsp3) is 0.294. The molecule has 20 heavy (non-hydrogen) atoms. The Morgan fingerprint density at radius 2 is 1.65 bits per heavy atom. The van der Waals surface area contributed by atoms with E-state index in [1.165, 1.54) is 5.56 Å². The summed E-state index contributed by atoms with van der Waals surface area (Å²) in [7, 11) is 0. The van der Waals surface area contributed by atoms with Gasteiger partial charge in [-0.1, -0.05) is 24.3 Å². The highest BCUT2D eigenvalue weighted by Crippen LogP contribution is 2.31. The maximum absolute atomic E-state index is 5.87. The van der Waals surface area contributed by atoms with Gasteiger partial charge in [0, 0.05) is 6.04 Å². The van der Waals surface area contributed by atoms with Crippen molar-refractivity contribution in [3.8, 4) is 17.2 Å². The van der Waals surface area contributed by atoms with Crippen LogP contribution in [0.25, 0.3) is 0 Å². The van der Waals surface area contributed by atoms with E-state index in [9.17, 15) is 0 Å². The second kappa shape index (κ2) is 6.96. The molecule has 1 unspecified atom stereocenters. The fourth-order valence-corrected chi connectivity index (χ4v) is 2.00. The Kier molecular flexibility index (Phi) is 5.02. The Bertz CT molecular complexity index is 535. The van der Waals surface area contributed by atoms with Crippen molar-refractivity contribution in [3.63, 3.8) is 0 Å². The molecule has 0 spiro atoms. The van der Waals surface area contributed by atoms with Gasteiger partial charge in [-0.2, -0.15) is 0 Å². The SMILES string of the molecule is CCOc1ccccc1Oc1ccc(CC(C)N)cc1. The first-order valence-electron chi connectivity index (χ1n) is 6.93.